The van der Waals surface area contributed by atoms with Crippen molar-refractivity contribution in [3.63, 3.8) is 0 Å². The number of ether oxygens (including phenoxy) is 3. The fraction of sp³-hybridized carbons (Fsp3) is 0.707. The van der Waals surface area contributed by atoms with Gasteiger partial charge in [-0.25, -0.2) is 0 Å². The van der Waals surface area contributed by atoms with Crippen LogP contribution >= 0.6 is 0 Å². The molecule has 0 aromatic carbocycles. The molecule has 0 spiro atoms. The number of esters is 3. The van der Waals surface area contributed by atoms with Gasteiger partial charge in [-0.2, -0.15) is 0 Å². The van der Waals surface area contributed by atoms with Crippen LogP contribution < -0.4 is 0 Å². The van der Waals surface area contributed by atoms with Gasteiger partial charge in [0.2, 0.25) is 0 Å². The molecule has 0 amide bonds. The van der Waals surface area contributed by atoms with Crippen LogP contribution in [0.15, 0.2) is 85.1 Å². The summed E-state index contributed by atoms with van der Waals surface area (Å²) in [5.74, 6) is -0.935. The molecule has 0 aliphatic carbocycles. The number of unbranched alkanes of at least 4 members (excludes halogenated alkanes) is 23. The van der Waals surface area contributed by atoms with E-state index in [9.17, 15) is 14.4 Å². The lowest BCUT2D eigenvalue weighted by Crippen LogP contribution is -2.30. The van der Waals surface area contributed by atoms with Crippen LogP contribution in [0.4, 0.5) is 0 Å². The molecule has 0 aromatic rings. The Bertz CT molecular complexity index is 1250. The molecule has 366 valence electrons. The summed E-state index contributed by atoms with van der Waals surface area (Å²) in [6, 6.07) is 0. The van der Waals surface area contributed by atoms with Gasteiger partial charge in [0.05, 0.1) is 0 Å². The molecule has 0 saturated carbocycles. The molecular weight excluding hydrogens is 793 g/mol. The molecule has 0 N–H and O–H groups in total. The standard InChI is InChI=1S/C58H98O6/c1-4-7-10-13-16-19-22-25-28-29-31-33-36-39-42-45-48-51-57(60)63-54-55(53-62-56(59)50-47-44-41-38-35-32-27-24-21-18-15-12-9-6-3)64-58(61)52-49-46-43-40-37-34-30-26-23-20-17-14-11-8-5-2/h9,12,16-21,23,25-28,32,55H,4-8,10-11,13-15,22,24,29-31,33-54H2,1-3H3/b12-9-,19-16-,20-17-,21-18-,26-23-,28-25-,32-27-. The van der Waals surface area contributed by atoms with Crippen LogP contribution in [0.25, 0.3) is 0 Å². The van der Waals surface area contributed by atoms with Crippen molar-refractivity contribution in [1.82, 2.24) is 0 Å². The number of hydrogen-bond donors (Lipinski definition) is 0. The predicted octanol–water partition coefficient (Wildman–Crippen LogP) is 17.6. The van der Waals surface area contributed by atoms with Crippen LogP contribution in [0.5, 0.6) is 0 Å². The molecule has 6 heteroatoms. The van der Waals surface area contributed by atoms with Crippen LogP contribution in [0.2, 0.25) is 0 Å². The summed E-state index contributed by atoms with van der Waals surface area (Å²) < 4.78 is 16.8. The summed E-state index contributed by atoms with van der Waals surface area (Å²) in [4.78, 5) is 38.0. The van der Waals surface area contributed by atoms with E-state index in [1.54, 1.807) is 0 Å². The molecule has 0 radical (unpaired) electrons. The van der Waals surface area contributed by atoms with Crippen molar-refractivity contribution in [2.45, 2.75) is 252 Å². The van der Waals surface area contributed by atoms with Crippen LogP contribution in [0.1, 0.15) is 245 Å². The first-order chi connectivity index (χ1) is 31.5. The molecule has 1 unspecified atom stereocenters. The maximum Gasteiger partial charge on any atom is 0.306 e. The van der Waals surface area contributed by atoms with E-state index in [2.05, 4.69) is 106 Å². The van der Waals surface area contributed by atoms with Gasteiger partial charge in [0.1, 0.15) is 13.2 Å². The average molecular weight is 891 g/mol. The van der Waals surface area contributed by atoms with E-state index in [4.69, 9.17) is 14.2 Å². The van der Waals surface area contributed by atoms with Crippen molar-refractivity contribution in [2.24, 2.45) is 0 Å². The summed E-state index contributed by atoms with van der Waals surface area (Å²) in [5, 5.41) is 0. The summed E-state index contributed by atoms with van der Waals surface area (Å²) in [6.45, 7) is 6.43. The minimum Gasteiger partial charge on any atom is -0.462 e. The SMILES string of the molecule is CC/C=C\C/C=C\C/C=C\CCCCCCC(=O)OCC(COC(=O)CCCCCCCCC/C=C\C/C=C\CCCCC)OC(=O)CCCCCCCC/C=C\C=C/CCCCC. The summed E-state index contributed by atoms with van der Waals surface area (Å²) in [7, 11) is 0. The maximum atomic E-state index is 12.8. The first-order valence-corrected chi connectivity index (χ1v) is 26.6. The Morgan fingerprint density at radius 2 is 0.656 bits per heavy atom. The number of allylic oxidation sites excluding steroid dienone is 14. The van der Waals surface area contributed by atoms with E-state index in [0.717, 1.165) is 116 Å². The van der Waals surface area contributed by atoms with Gasteiger partial charge in [-0.15, -0.1) is 0 Å². The number of hydrogen-bond acceptors (Lipinski definition) is 6. The third-order valence-corrected chi connectivity index (χ3v) is 11.1. The molecule has 0 aliphatic heterocycles. The summed E-state index contributed by atoms with van der Waals surface area (Å²) >= 11 is 0. The highest BCUT2D eigenvalue weighted by Gasteiger charge is 2.19. The largest absolute Gasteiger partial charge is 0.462 e. The van der Waals surface area contributed by atoms with Gasteiger partial charge in [-0.3, -0.25) is 14.4 Å². The Labute approximate surface area is 395 Å². The molecule has 0 saturated heterocycles. The minimum atomic E-state index is -0.795. The van der Waals surface area contributed by atoms with Crippen molar-refractivity contribution in [1.29, 1.82) is 0 Å². The molecule has 0 fully saturated rings. The van der Waals surface area contributed by atoms with Gasteiger partial charge in [-0.05, 0) is 109 Å². The topological polar surface area (TPSA) is 78.9 Å². The second-order valence-electron chi connectivity index (χ2n) is 17.4. The molecule has 64 heavy (non-hydrogen) atoms. The predicted molar refractivity (Wildman–Crippen MR) is 274 cm³/mol. The first kappa shape index (κ1) is 60.6. The minimum absolute atomic E-state index is 0.0934. The molecule has 0 heterocycles. The van der Waals surface area contributed by atoms with Crippen molar-refractivity contribution >= 4 is 17.9 Å². The molecular formula is C58H98O6. The van der Waals surface area contributed by atoms with Crippen molar-refractivity contribution < 1.29 is 28.6 Å². The second-order valence-corrected chi connectivity index (χ2v) is 17.4. The highest BCUT2D eigenvalue weighted by atomic mass is 16.6. The third kappa shape index (κ3) is 49.6. The van der Waals surface area contributed by atoms with E-state index < -0.39 is 6.10 Å². The lowest BCUT2D eigenvalue weighted by atomic mass is 10.1. The Balaban J connectivity index is 4.45. The Hall–Kier alpha value is -3.41. The average Bonchev–Trinajstić information content (AvgIpc) is 3.29. The van der Waals surface area contributed by atoms with E-state index in [-0.39, 0.29) is 31.1 Å². The molecule has 0 rings (SSSR count). The monoisotopic (exact) mass is 891 g/mol. The maximum absolute atomic E-state index is 12.8. The zero-order valence-electron chi connectivity index (χ0n) is 41.8. The molecule has 0 aromatic heterocycles. The van der Waals surface area contributed by atoms with Crippen molar-refractivity contribution in [3.05, 3.63) is 85.1 Å². The Morgan fingerprint density at radius 1 is 0.344 bits per heavy atom. The van der Waals surface area contributed by atoms with Crippen LogP contribution in [0, 0.1) is 0 Å². The van der Waals surface area contributed by atoms with E-state index in [1.807, 2.05) is 0 Å². The number of carbonyl (C=O) groups is 3. The summed E-state index contributed by atoms with van der Waals surface area (Å²) in [5.41, 5.74) is 0. The Kier molecular flexibility index (Phi) is 49.4. The van der Waals surface area contributed by atoms with Crippen molar-refractivity contribution in [3.8, 4) is 0 Å². The van der Waals surface area contributed by atoms with Gasteiger partial charge in [0.25, 0.3) is 0 Å². The van der Waals surface area contributed by atoms with E-state index in [1.165, 1.54) is 89.9 Å². The Morgan fingerprint density at radius 3 is 1.05 bits per heavy atom. The van der Waals surface area contributed by atoms with Crippen LogP contribution in [0.3, 0.4) is 0 Å². The quantitative estimate of drug-likeness (QED) is 0.0199. The molecule has 6 nitrogen and oxygen atoms in total. The third-order valence-electron chi connectivity index (χ3n) is 11.1. The molecule has 0 bridgehead atoms. The fourth-order valence-electron chi connectivity index (χ4n) is 7.12. The van der Waals surface area contributed by atoms with E-state index in [0.29, 0.717) is 19.3 Å². The highest BCUT2D eigenvalue weighted by Crippen LogP contribution is 2.14. The highest BCUT2D eigenvalue weighted by molar-refractivity contribution is 5.71. The lowest BCUT2D eigenvalue weighted by Gasteiger charge is -2.18. The van der Waals surface area contributed by atoms with Gasteiger partial charge >= 0.3 is 17.9 Å². The van der Waals surface area contributed by atoms with Crippen LogP contribution in [-0.2, 0) is 28.6 Å². The van der Waals surface area contributed by atoms with Crippen LogP contribution in [-0.4, -0.2) is 37.2 Å². The zero-order valence-corrected chi connectivity index (χ0v) is 41.8. The zero-order chi connectivity index (χ0) is 46.5. The van der Waals surface area contributed by atoms with Crippen molar-refractivity contribution in [2.75, 3.05) is 13.2 Å². The van der Waals surface area contributed by atoms with Gasteiger partial charge in [0.15, 0.2) is 6.10 Å². The smallest absolute Gasteiger partial charge is 0.306 e. The normalized spacial score (nSPS) is 12.7. The van der Waals surface area contributed by atoms with Gasteiger partial charge < -0.3 is 14.2 Å². The fourth-order valence-corrected chi connectivity index (χ4v) is 7.12. The first-order valence-electron chi connectivity index (χ1n) is 26.6. The molecule has 1 atom stereocenters. The summed E-state index contributed by atoms with van der Waals surface area (Å²) in [6.07, 6.45) is 67.0. The lowest BCUT2D eigenvalue weighted by molar-refractivity contribution is -0.167. The second kappa shape index (κ2) is 52.2. The van der Waals surface area contributed by atoms with Gasteiger partial charge in [-0.1, -0.05) is 202 Å². The molecule has 0 aliphatic rings. The van der Waals surface area contributed by atoms with Gasteiger partial charge in [0, 0.05) is 19.3 Å². The van der Waals surface area contributed by atoms with E-state index >= 15 is 0 Å². The number of rotatable bonds is 47. The number of carbonyl (C=O) groups excluding carboxylic acids is 3.